The summed E-state index contributed by atoms with van der Waals surface area (Å²) in [7, 11) is 2.25. The molecule has 0 aromatic heterocycles. The van der Waals surface area contributed by atoms with Gasteiger partial charge in [-0.05, 0) is 39.8 Å². The number of hydrogen-bond donors (Lipinski definition) is 1. The molecular formula is C13H30N2. The highest BCUT2D eigenvalue weighted by Gasteiger charge is 2.14. The molecule has 1 N–H and O–H groups in total. The molecule has 0 aliphatic rings. The van der Waals surface area contributed by atoms with Crippen LogP contribution in [0.4, 0.5) is 0 Å². The van der Waals surface area contributed by atoms with Gasteiger partial charge >= 0.3 is 0 Å². The smallest absolute Gasteiger partial charge is 0.00786 e. The summed E-state index contributed by atoms with van der Waals surface area (Å²) in [5.74, 6) is 0.812. The molecule has 0 aromatic carbocycles. The summed E-state index contributed by atoms with van der Waals surface area (Å²) >= 11 is 0. The fraction of sp³-hybridized carbons (Fsp3) is 1.00. The predicted molar refractivity (Wildman–Crippen MR) is 69.3 cm³/mol. The lowest BCUT2D eigenvalue weighted by Crippen LogP contribution is -2.38. The van der Waals surface area contributed by atoms with Crippen molar-refractivity contribution in [1.82, 2.24) is 10.2 Å². The van der Waals surface area contributed by atoms with Crippen LogP contribution in [0, 0.1) is 5.92 Å². The highest BCUT2D eigenvalue weighted by Crippen LogP contribution is 2.09. The Hall–Kier alpha value is -0.0800. The van der Waals surface area contributed by atoms with Crippen molar-refractivity contribution in [1.29, 1.82) is 0 Å². The molecular weight excluding hydrogens is 184 g/mol. The fourth-order valence-electron chi connectivity index (χ4n) is 1.92. The molecule has 0 aliphatic carbocycles. The topological polar surface area (TPSA) is 15.3 Å². The van der Waals surface area contributed by atoms with Gasteiger partial charge < -0.3 is 10.2 Å². The van der Waals surface area contributed by atoms with Crippen molar-refractivity contribution >= 4 is 0 Å². The third-order valence-electron chi connectivity index (χ3n) is 3.30. The van der Waals surface area contributed by atoms with Gasteiger partial charge in [0.2, 0.25) is 0 Å². The zero-order chi connectivity index (χ0) is 11.8. The molecule has 0 bridgehead atoms. The maximum Gasteiger partial charge on any atom is 0.00786 e. The first-order chi connectivity index (χ1) is 7.01. The molecule has 0 aliphatic heterocycles. The Bertz CT molecular complexity index is 147. The fourth-order valence-corrected chi connectivity index (χ4v) is 1.92. The Morgan fingerprint density at radius 1 is 1.13 bits per heavy atom. The van der Waals surface area contributed by atoms with E-state index in [1.165, 1.54) is 19.4 Å². The van der Waals surface area contributed by atoms with Crippen molar-refractivity contribution in [2.24, 2.45) is 5.92 Å². The van der Waals surface area contributed by atoms with Gasteiger partial charge in [0.1, 0.15) is 0 Å². The lowest BCUT2D eigenvalue weighted by molar-refractivity contribution is 0.201. The Balaban J connectivity index is 3.82. The molecule has 0 heterocycles. The Labute approximate surface area is 96.4 Å². The number of nitrogens with zero attached hydrogens (tertiary/aromatic N) is 1. The summed E-state index contributed by atoms with van der Waals surface area (Å²) in [5.41, 5.74) is 0. The van der Waals surface area contributed by atoms with Gasteiger partial charge in [0.15, 0.2) is 0 Å². The SMILES string of the molecule is CCNC(C)CC(C)N(C)CC(C)CC. The first-order valence-corrected chi connectivity index (χ1v) is 6.44. The van der Waals surface area contributed by atoms with Gasteiger partial charge in [0.05, 0.1) is 0 Å². The summed E-state index contributed by atoms with van der Waals surface area (Å²) in [6, 6.07) is 1.30. The van der Waals surface area contributed by atoms with Crippen LogP contribution in [0.3, 0.4) is 0 Å². The summed E-state index contributed by atoms with van der Waals surface area (Å²) in [6.45, 7) is 13.7. The van der Waals surface area contributed by atoms with Crippen molar-refractivity contribution in [3.8, 4) is 0 Å². The Morgan fingerprint density at radius 3 is 2.20 bits per heavy atom. The zero-order valence-electron chi connectivity index (χ0n) is 11.5. The third kappa shape index (κ3) is 6.91. The van der Waals surface area contributed by atoms with E-state index in [9.17, 15) is 0 Å². The molecule has 0 saturated heterocycles. The summed E-state index contributed by atoms with van der Waals surface area (Å²) in [5, 5.41) is 3.47. The van der Waals surface area contributed by atoms with Crippen molar-refractivity contribution in [3.63, 3.8) is 0 Å². The normalized spacial score (nSPS) is 17.8. The second kappa shape index (κ2) is 8.12. The van der Waals surface area contributed by atoms with E-state index in [-0.39, 0.29) is 0 Å². The highest BCUT2D eigenvalue weighted by atomic mass is 15.1. The molecule has 0 fully saturated rings. The van der Waals surface area contributed by atoms with Gasteiger partial charge in [0.25, 0.3) is 0 Å². The maximum atomic E-state index is 3.47. The molecule has 2 heteroatoms. The van der Waals surface area contributed by atoms with Gasteiger partial charge in [-0.15, -0.1) is 0 Å². The van der Waals surface area contributed by atoms with E-state index in [2.05, 4.69) is 51.9 Å². The van der Waals surface area contributed by atoms with E-state index in [1.54, 1.807) is 0 Å². The quantitative estimate of drug-likeness (QED) is 0.668. The monoisotopic (exact) mass is 214 g/mol. The van der Waals surface area contributed by atoms with E-state index in [0.29, 0.717) is 12.1 Å². The highest BCUT2D eigenvalue weighted by molar-refractivity contribution is 4.71. The molecule has 0 radical (unpaired) electrons. The van der Waals surface area contributed by atoms with Crippen molar-refractivity contribution < 1.29 is 0 Å². The predicted octanol–water partition coefficient (Wildman–Crippen LogP) is 2.74. The molecule has 0 rings (SSSR count). The molecule has 92 valence electrons. The molecule has 2 nitrogen and oxygen atoms in total. The van der Waals surface area contributed by atoms with Gasteiger partial charge in [-0.1, -0.05) is 27.2 Å². The Kier molecular flexibility index (Phi) is 8.07. The van der Waals surface area contributed by atoms with Crippen LogP contribution < -0.4 is 5.32 Å². The van der Waals surface area contributed by atoms with Crippen molar-refractivity contribution in [3.05, 3.63) is 0 Å². The maximum absolute atomic E-state index is 3.47. The van der Waals surface area contributed by atoms with Crippen LogP contribution in [0.1, 0.15) is 47.5 Å². The molecule has 3 unspecified atom stereocenters. The van der Waals surface area contributed by atoms with Gasteiger partial charge in [-0.2, -0.15) is 0 Å². The van der Waals surface area contributed by atoms with E-state index >= 15 is 0 Å². The van der Waals surface area contributed by atoms with Crippen molar-refractivity contribution in [2.45, 2.75) is 59.5 Å². The Morgan fingerprint density at radius 2 is 1.73 bits per heavy atom. The van der Waals surface area contributed by atoms with Gasteiger partial charge in [0, 0.05) is 18.6 Å². The largest absolute Gasteiger partial charge is 0.314 e. The molecule has 0 spiro atoms. The van der Waals surface area contributed by atoms with Crippen LogP contribution in [0.5, 0.6) is 0 Å². The van der Waals surface area contributed by atoms with Gasteiger partial charge in [-0.25, -0.2) is 0 Å². The average Bonchev–Trinajstić information content (AvgIpc) is 2.17. The minimum atomic E-state index is 0.629. The first-order valence-electron chi connectivity index (χ1n) is 6.44. The van der Waals surface area contributed by atoms with Crippen molar-refractivity contribution in [2.75, 3.05) is 20.1 Å². The summed E-state index contributed by atoms with van der Waals surface area (Å²) in [4.78, 5) is 2.49. The van der Waals surface area contributed by atoms with E-state index < -0.39 is 0 Å². The number of nitrogens with one attached hydrogen (secondary N) is 1. The summed E-state index contributed by atoms with van der Waals surface area (Å²) < 4.78 is 0. The molecule has 3 atom stereocenters. The van der Waals surface area contributed by atoms with Crippen LogP contribution >= 0.6 is 0 Å². The lowest BCUT2D eigenvalue weighted by atomic mass is 10.1. The third-order valence-corrected chi connectivity index (χ3v) is 3.30. The first kappa shape index (κ1) is 14.9. The van der Waals surface area contributed by atoms with Crippen LogP contribution in [0.25, 0.3) is 0 Å². The number of rotatable bonds is 8. The molecule has 0 saturated carbocycles. The van der Waals surface area contributed by atoms with E-state index in [0.717, 1.165) is 12.5 Å². The van der Waals surface area contributed by atoms with Crippen LogP contribution in [0.2, 0.25) is 0 Å². The summed E-state index contributed by atoms with van der Waals surface area (Å²) in [6.07, 6.45) is 2.51. The molecule has 0 amide bonds. The molecule has 0 aromatic rings. The number of hydrogen-bond acceptors (Lipinski definition) is 2. The van der Waals surface area contributed by atoms with Crippen LogP contribution in [-0.4, -0.2) is 37.1 Å². The van der Waals surface area contributed by atoms with E-state index in [1.807, 2.05) is 0 Å². The van der Waals surface area contributed by atoms with Gasteiger partial charge in [-0.3, -0.25) is 0 Å². The lowest BCUT2D eigenvalue weighted by Gasteiger charge is -2.29. The average molecular weight is 214 g/mol. The minimum absolute atomic E-state index is 0.629. The van der Waals surface area contributed by atoms with E-state index in [4.69, 9.17) is 0 Å². The zero-order valence-corrected chi connectivity index (χ0v) is 11.5. The standard InChI is InChI=1S/C13H30N2/c1-7-11(3)10-15(6)13(5)9-12(4)14-8-2/h11-14H,7-10H2,1-6H3. The second-order valence-electron chi connectivity index (χ2n) is 5.00. The minimum Gasteiger partial charge on any atom is -0.314 e. The van der Waals surface area contributed by atoms with Crippen LogP contribution in [0.15, 0.2) is 0 Å². The van der Waals surface area contributed by atoms with Crippen LogP contribution in [-0.2, 0) is 0 Å². The second-order valence-corrected chi connectivity index (χ2v) is 5.00. The molecule has 15 heavy (non-hydrogen) atoms.